The zero-order valence-electron chi connectivity index (χ0n) is 49.7. The van der Waals surface area contributed by atoms with E-state index in [2.05, 4.69) is 162 Å². The molecule has 21 nitrogen and oxygen atoms in total. The molecule has 0 spiro atoms. The lowest BCUT2D eigenvalue weighted by Gasteiger charge is -2.49. The van der Waals surface area contributed by atoms with Gasteiger partial charge in [0.25, 0.3) is 0 Å². The minimum atomic E-state index is -0.487. The molecule has 4 fully saturated rings. The summed E-state index contributed by atoms with van der Waals surface area (Å²) in [5, 5.41) is 21.3. The number of hydrogen-bond donors (Lipinski definition) is 6. The van der Waals surface area contributed by atoms with Crippen LogP contribution < -0.4 is 51.5 Å². The third-order valence-electron chi connectivity index (χ3n) is 15.1. The normalized spacial score (nSPS) is 22.9. The summed E-state index contributed by atoms with van der Waals surface area (Å²) in [6, 6.07) is 0.690. The van der Waals surface area contributed by atoms with E-state index < -0.39 is 11.9 Å². The smallest absolute Gasteiger partial charge is 0.325 e. The molecule has 424 valence electrons. The largest absolute Gasteiger partial charge is 0.462 e. The van der Waals surface area contributed by atoms with Gasteiger partial charge in [-0.1, -0.05) is 0 Å². The quantitative estimate of drug-likeness (QED) is 0.0695. The average molecular weight is 1050 g/mol. The Morgan fingerprint density at radius 3 is 0.827 bits per heavy atom. The second-order valence-corrected chi connectivity index (χ2v) is 27.5. The summed E-state index contributed by atoms with van der Waals surface area (Å²) in [6.45, 7) is 35.7. The Morgan fingerprint density at radius 2 is 0.613 bits per heavy atom. The van der Waals surface area contributed by atoms with Gasteiger partial charge in [0.15, 0.2) is 0 Å². The van der Waals surface area contributed by atoms with Crippen LogP contribution in [0, 0.1) is 0 Å². The first-order valence-corrected chi connectivity index (χ1v) is 27.4. The zero-order valence-corrected chi connectivity index (χ0v) is 49.7. The summed E-state index contributed by atoms with van der Waals surface area (Å²) < 4.78 is 16.7. The van der Waals surface area contributed by atoms with Crippen LogP contribution in [0.15, 0.2) is 0 Å². The highest BCUT2D eigenvalue weighted by atomic mass is 16.6. The Balaban J connectivity index is 1.01. The van der Waals surface area contributed by atoms with Crippen molar-refractivity contribution in [3.63, 3.8) is 0 Å². The molecule has 6 heterocycles. The molecule has 6 N–H and O–H groups in total. The molecular formula is C54H98N16O5. The van der Waals surface area contributed by atoms with Crippen molar-refractivity contribution in [2.45, 2.75) is 231 Å². The van der Waals surface area contributed by atoms with E-state index in [0.29, 0.717) is 35.7 Å². The SMILES string of the molecule is CN(c1nc(NCC(=O)OCCOCCOC(=O)CNc2nc(N(C)C3CC(C)(C)NC(C)(C)C3)nc(N(C)C3CC(C)(C)NC(C)(C)C3)n2)nc(N(C)C2CC(C)(C)NC(C)(C)C2)n1)C1CC(C)(C)NC(C)(C)C1. The molecular weight excluding hydrogens is 953 g/mol. The van der Waals surface area contributed by atoms with E-state index >= 15 is 0 Å². The van der Waals surface area contributed by atoms with Crippen LogP contribution in [0.5, 0.6) is 0 Å². The minimum Gasteiger partial charge on any atom is -0.462 e. The molecule has 2 aromatic heterocycles. The van der Waals surface area contributed by atoms with E-state index in [1.54, 1.807) is 0 Å². The average Bonchev–Trinajstić information content (AvgIpc) is 3.24. The lowest BCUT2D eigenvalue weighted by Crippen LogP contribution is -2.62. The molecule has 0 radical (unpaired) electrons. The van der Waals surface area contributed by atoms with Crippen molar-refractivity contribution >= 4 is 47.6 Å². The third kappa shape index (κ3) is 17.3. The monoisotopic (exact) mass is 1050 g/mol. The van der Waals surface area contributed by atoms with Gasteiger partial charge in [0.2, 0.25) is 35.7 Å². The zero-order chi connectivity index (χ0) is 55.7. The first-order chi connectivity index (χ1) is 34.4. The fraction of sp³-hybridized carbons (Fsp3) is 0.852. The van der Waals surface area contributed by atoms with Gasteiger partial charge in [0, 0.05) is 96.7 Å². The van der Waals surface area contributed by atoms with E-state index in [1.165, 1.54) is 0 Å². The highest BCUT2D eigenvalue weighted by molar-refractivity contribution is 5.75. The van der Waals surface area contributed by atoms with Crippen molar-refractivity contribution in [3.05, 3.63) is 0 Å². The molecule has 6 rings (SSSR count). The van der Waals surface area contributed by atoms with Crippen molar-refractivity contribution in [3.8, 4) is 0 Å². The highest BCUT2D eigenvalue weighted by Gasteiger charge is 2.44. The molecule has 4 aliphatic heterocycles. The predicted octanol–water partition coefficient (Wildman–Crippen LogP) is 5.67. The molecule has 0 atom stereocenters. The van der Waals surface area contributed by atoms with Crippen LogP contribution in [0.1, 0.15) is 162 Å². The van der Waals surface area contributed by atoms with Gasteiger partial charge in [-0.2, -0.15) is 29.9 Å². The van der Waals surface area contributed by atoms with Gasteiger partial charge in [0.05, 0.1) is 13.2 Å². The number of hydrogen-bond acceptors (Lipinski definition) is 21. The van der Waals surface area contributed by atoms with Crippen LogP contribution in [-0.2, 0) is 23.8 Å². The Hall–Kier alpha value is -4.44. The number of ether oxygens (including phenoxy) is 3. The van der Waals surface area contributed by atoms with E-state index in [-0.39, 0.29) is 108 Å². The number of carbonyl (C=O) groups excluding carboxylic acids is 2. The van der Waals surface area contributed by atoms with Gasteiger partial charge in [-0.15, -0.1) is 0 Å². The summed E-state index contributed by atoms with van der Waals surface area (Å²) in [5.41, 5.74) is -0.633. The second-order valence-electron chi connectivity index (χ2n) is 27.5. The van der Waals surface area contributed by atoms with E-state index in [1.807, 2.05) is 28.2 Å². The number of nitrogens with zero attached hydrogens (tertiary/aromatic N) is 10. The highest BCUT2D eigenvalue weighted by Crippen LogP contribution is 2.37. The molecule has 4 aliphatic rings. The predicted molar refractivity (Wildman–Crippen MR) is 300 cm³/mol. The van der Waals surface area contributed by atoms with Gasteiger partial charge in [-0.25, -0.2) is 0 Å². The number of esters is 2. The maximum absolute atomic E-state index is 13.0. The summed E-state index contributed by atoms with van der Waals surface area (Å²) in [6.07, 6.45) is 7.26. The summed E-state index contributed by atoms with van der Waals surface area (Å²) in [4.78, 5) is 64.2. The summed E-state index contributed by atoms with van der Waals surface area (Å²) in [7, 11) is 8.18. The number of piperidine rings is 4. The van der Waals surface area contributed by atoms with Crippen LogP contribution in [0.25, 0.3) is 0 Å². The van der Waals surface area contributed by atoms with Crippen LogP contribution in [0.2, 0.25) is 0 Å². The first kappa shape index (κ1) is 59.8. The maximum Gasteiger partial charge on any atom is 0.325 e. The molecule has 4 saturated heterocycles. The van der Waals surface area contributed by atoms with Crippen LogP contribution in [-0.4, -0.2) is 178 Å². The summed E-state index contributed by atoms with van der Waals surface area (Å²) in [5.74, 6) is 1.79. The lowest BCUT2D eigenvalue weighted by molar-refractivity contribution is -0.144. The van der Waals surface area contributed by atoms with Crippen molar-refractivity contribution in [2.75, 3.05) is 97.9 Å². The standard InChI is InChI=1S/C54H98N16O5/c1-47(2)25-35(26-48(3,4)63-47)67(17)43-57-41(58-44(61-43)68(18)36-27-49(5,6)64-50(7,8)28-36)55-33-39(71)74-23-21-73-22-24-75-40(72)34-56-42-59-45(69(19)37-29-51(9,10)65-52(11,12)30-37)62-46(60-42)70(20)38-31-53(13,14)66-54(15,16)32-38/h35-38,63-66H,21-34H2,1-20H3,(H,55,57,58,61)(H,56,59,60,62). The van der Waals surface area contributed by atoms with Gasteiger partial charge >= 0.3 is 11.9 Å². The summed E-state index contributed by atoms with van der Waals surface area (Å²) >= 11 is 0. The van der Waals surface area contributed by atoms with Crippen molar-refractivity contribution in [1.82, 2.24) is 51.2 Å². The number of rotatable bonds is 20. The number of aromatic nitrogens is 6. The molecule has 0 amide bonds. The molecule has 0 aromatic carbocycles. The Bertz CT molecular complexity index is 1940. The van der Waals surface area contributed by atoms with Crippen molar-refractivity contribution in [1.29, 1.82) is 0 Å². The van der Waals surface area contributed by atoms with Gasteiger partial charge < -0.3 is 65.7 Å². The molecule has 0 saturated carbocycles. The van der Waals surface area contributed by atoms with Crippen LogP contribution in [0.4, 0.5) is 35.7 Å². The van der Waals surface area contributed by atoms with E-state index in [9.17, 15) is 9.59 Å². The maximum atomic E-state index is 13.0. The fourth-order valence-corrected chi connectivity index (χ4v) is 13.3. The van der Waals surface area contributed by atoms with Crippen molar-refractivity contribution < 1.29 is 23.8 Å². The molecule has 0 unspecified atom stereocenters. The van der Waals surface area contributed by atoms with Gasteiger partial charge in [-0.05, 0) is 162 Å². The number of carbonyl (C=O) groups is 2. The van der Waals surface area contributed by atoms with Crippen LogP contribution >= 0.6 is 0 Å². The van der Waals surface area contributed by atoms with Crippen LogP contribution in [0.3, 0.4) is 0 Å². The lowest BCUT2D eigenvalue weighted by atomic mass is 9.79. The Morgan fingerprint density at radius 1 is 0.400 bits per heavy atom. The molecule has 0 aliphatic carbocycles. The second kappa shape index (κ2) is 22.5. The molecule has 75 heavy (non-hydrogen) atoms. The number of anilines is 6. The van der Waals surface area contributed by atoms with Gasteiger partial charge in [-0.3, -0.25) is 9.59 Å². The topological polar surface area (TPSA) is 224 Å². The molecule has 21 heteroatoms. The fourth-order valence-electron chi connectivity index (χ4n) is 13.3. The molecule has 2 aromatic rings. The van der Waals surface area contributed by atoms with Crippen molar-refractivity contribution in [2.24, 2.45) is 0 Å². The number of nitrogens with one attached hydrogen (secondary N) is 6. The molecule has 0 bridgehead atoms. The first-order valence-electron chi connectivity index (χ1n) is 27.4. The Labute approximate surface area is 449 Å². The Kier molecular flexibility index (Phi) is 17.9. The van der Waals surface area contributed by atoms with E-state index in [0.717, 1.165) is 51.4 Å². The van der Waals surface area contributed by atoms with E-state index in [4.69, 9.17) is 44.1 Å². The van der Waals surface area contributed by atoms with Gasteiger partial charge in [0.1, 0.15) is 26.3 Å². The third-order valence-corrected chi connectivity index (χ3v) is 15.1. The minimum absolute atomic E-state index is 0.0173.